The lowest BCUT2D eigenvalue weighted by Gasteiger charge is -2.38. The van der Waals surface area contributed by atoms with Crippen LogP contribution in [0.3, 0.4) is 0 Å². The summed E-state index contributed by atoms with van der Waals surface area (Å²) in [5, 5.41) is 10.0. The van der Waals surface area contributed by atoms with E-state index in [1.807, 2.05) is 6.92 Å². The third-order valence-electron chi connectivity index (χ3n) is 8.33. The normalized spacial score (nSPS) is 31.9. The van der Waals surface area contributed by atoms with Gasteiger partial charge in [-0.2, -0.15) is 0 Å². The van der Waals surface area contributed by atoms with E-state index in [2.05, 4.69) is 20.1 Å². The molecule has 0 saturated carbocycles. The first-order valence-electron chi connectivity index (χ1n) is 13.1. The molecule has 3 heterocycles. The minimum atomic E-state index is -1.08. The third kappa shape index (κ3) is 4.33. The van der Waals surface area contributed by atoms with Gasteiger partial charge in [-0.15, -0.1) is 13.2 Å². The van der Waals surface area contributed by atoms with E-state index < -0.39 is 35.1 Å². The third-order valence-corrected chi connectivity index (χ3v) is 8.33. The summed E-state index contributed by atoms with van der Waals surface area (Å²) in [4.78, 5) is 46.7. The quantitative estimate of drug-likeness (QED) is 0.317. The molecule has 196 valence electrons. The van der Waals surface area contributed by atoms with Crippen molar-refractivity contribution < 1.29 is 24.2 Å². The molecule has 0 aromatic rings. The Labute approximate surface area is 210 Å². The first-order chi connectivity index (χ1) is 16.7. The molecule has 2 unspecified atom stereocenters. The van der Waals surface area contributed by atoms with E-state index in [4.69, 9.17) is 4.74 Å². The average Bonchev–Trinajstić information content (AvgIpc) is 3.46. The second-order valence-corrected chi connectivity index (χ2v) is 10.4. The molecule has 8 nitrogen and oxygen atoms in total. The molecule has 3 saturated heterocycles. The second-order valence-electron chi connectivity index (χ2n) is 10.4. The zero-order valence-corrected chi connectivity index (χ0v) is 21.9. The number of hydrogen-bond acceptors (Lipinski definition) is 5. The maximum absolute atomic E-state index is 14.2. The lowest BCUT2D eigenvalue weighted by atomic mass is 9.64. The minimum Gasteiger partial charge on any atom is -0.394 e. The molecule has 1 spiro atoms. The zero-order chi connectivity index (χ0) is 26.0. The predicted molar refractivity (Wildman–Crippen MR) is 134 cm³/mol. The fourth-order valence-corrected chi connectivity index (χ4v) is 6.57. The summed E-state index contributed by atoms with van der Waals surface area (Å²) in [6, 6.07) is -1.45. The van der Waals surface area contributed by atoms with E-state index in [1.54, 1.807) is 35.9 Å². The van der Waals surface area contributed by atoms with E-state index in [9.17, 15) is 19.5 Å². The molecule has 0 aromatic carbocycles. The Morgan fingerprint density at radius 3 is 2.46 bits per heavy atom. The van der Waals surface area contributed by atoms with Crippen molar-refractivity contribution in [1.82, 2.24) is 14.7 Å². The van der Waals surface area contributed by atoms with Crippen molar-refractivity contribution >= 4 is 17.7 Å². The van der Waals surface area contributed by atoms with Crippen LogP contribution in [0, 0.1) is 11.8 Å². The van der Waals surface area contributed by atoms with Gasteiger partial charge in [-0.25, -0.2) is 0 Å². The number of ether oxygens (including phenoxy) is 1. The van der Waals surface area contributed by atoms with Gasteiger partial charge in [0.15, 0.2) is 0 Å². The topological polar surface area (TPSA) is 90.4 Å². The van der Waals surface area contributed by atoms with Gasteiger partial charge >= 0.3 is 0 Å². The van der Waals surface area contributed by atoms with Crippen LogP contribution >= 0.6 is 0 Å². The maximum Gasteiger partial charge on any atom is 0.248 e. The van der Waals surface area contributed by atoms with Crippen molar-refractivity contribution in [3.63, 3.8) is 0 Å². The zero-order valence-electron chi connectivity index (χ0n) is 21.9. The predicted octanol–water partition coefficient (Wildman–Crippen LogP) is 2.37. The van der Waals surface area contributed by atoms with Crippen molar-refractivity contribution in [2.24, 2.45) is 11.8 Å². The molecule has 1 N–H and O–H groups in total. The molecule has 8 heteroatoms. The summed E-state index contributed by atoms with van der Waals surface area (Å²) >= 11 is 0. The van der Waals surface area contributed by atoms with Crippen LogP contribution in [0.4, 0.5) is 0 Å². The number of likely N-dealkylation sites (N-methyl/N-ethyl adjacent to an activating group) is 1. The molecule has 3 aliphatic heterocycles. The van der Waals surface area contributed by atoms with Crippen LogP contribution in [0.5, 0.6) is 0 Å². The van der Waals surface area contributed by atoms with Crippen LogP contribution in [0.1, 0.15) is 59.3 Å². The van der Waals surface area contributed by atoms with E-state index in [0.717, 1.165) is 19.3 Å². The Morgan fingerprint density at radius 2 is 1.89 bits per heavy atom. The fraction of sp³-hybridized carbons (Fsp3) is 0.741. The van der Waals surface area contributed by atoms with Crippen molar-refractivity contribution in [3.8, 4) is 0 Å². The van der Waals surface area contributed by atoms with Gasteiger partial charge in [0.05, 0.1) is 30.1 Å². The lowest BCUT2D eigenvalue weighted by molar-refractivity contribution is -0.157. The molecule has 0 radical (unpaired) electrons. The van der Waals surface area contributed by atoms with Gasteiger partial charge in [-0.1, -0.05) is 38.8 Å². The van der Waals surface area contributed by atoms with E-state index in [-0.39, 0.29) is 24.3 Å². The number of fused-ring (bicyclic) bond motifs is 1. The molecule has 3 amide bonds. The highest BCUT2D eigenvalue weighted by molar-refractivity contribution is 5.99. The highest BCUT2D eigenvalue weighted by Gasteiger charge is 2.79. The standard InChI is InChI=1S/C27H43N3O5/c1-7-11-12-17-29(16-9-3)25(34)22-27-14-13-26(10-4,35-27)20(23(32)28(6)15-8-2)21(27)24(33)30(22)19(5)18-31/h8-9,19-22,31H,2-3,7,10-18H2,1,4-6H3/t19-,20+,21+,22?,26-,27?/m1/s1. The first kappa shape index (κ1) is 27.4. The van der Waals surface area contributed by atoms with Crippen LogP contribution in [0.15, 0.2) is 25.3 Å². The SMILES string of the molecule is C=CCN(C)C(=O)[C@@H]1[C@H]2C(=O)N([C@H](C)CO)C(C(=O)N(CC=C)CCCCC)C23CC[C@@]1(CC)O3. The lowest BCUT2D eigenvalue weighted by Crippen LogP contribution is -2.58. The number of hydrogen-bond donors (Lipinski definition) is 1. The molecular formula is C27H43N3O5. The average molecular weight is 490 g/mol. The number of unbranched alkanes of at least 4 members (excludes halogenated alkanes) is 2. The van der Waals surface area contributed by atoms with Gasteiger partial charge in [0.25, 0.3) is 0 Å². The Kier molecular flexibility index (Phi) is 8.48. The van der Waals surface area contributed by atoms with E-state index >= 15 is 0 Å². The highest BCUT2D eigenvalue weighted by Crippen LogP contribution is 2.64. The maximum atomic E-state index is 14.2. The minimum absolute atomic E-state index is 0.151. The fourth-order valence-electron chi connectivity index (χ4n) is 6.57. The number of nitrogens with zero attached hydrogens (tertiary/aromatic N) is 3. The Bertz CT molecular complexity index is 847. The molecule has 0 aliphatic carbocycles. The van der Waals surface area contributed by atoms with Crippen molar-refractivity contribution in [2.45, 2.75) is 82.6 Å². The van der Waals surface area contributed by atoms with Gasteiger partial charge < -0.3 is 24.5 Å². The molecule has 6 atom stereocenters. The van der Waals surface area contributed by atoms with Crippen LogP contribution in [-0.4, -0.2) is 94.1 Å². The second kappa shape index (κ2) is 10.8. The Hall–Kier alpha value is -2.19. The molecule has 35 heavy (non-hydrogen) atoms. The summed E-state index contributed by atoms with van der Waals surface area (Å²) in [7, 11) is 1.71. The monoisotopic (exact) mass is 489 g/mol. The van der Waals surface area contributed by atoms with E-state index in [1.165, 1.54) is 4.90 Å². The van der Waals surface area contributed by atoms with E-state index in [0.29, 0.717) is 38.9 Å². The van der Waals surface area contributed by atoms with Gasteiger partial charge in [-0.3, -0.25) is 14.4 Å². The number of amides is 3. The smallest absolute Gasteiger partial charge is 0.248 e. The van der Waals surface area contributed by atoms with Crippen molar-refractivity contribution in [3.05, 3.63) is 25.3 Å². The van der Waals surface area contributed by atoms with Crippen LogP contribution in [0.25, 0.3) is 0 Å². The number of rotatable bonds is 13. The Morgan fingerprint density at radius 1 is 1.20 bits per heavy atom. The largest absolute Gasteiger partial charge is 0.394 e. The molecule has 3 fully saturated rings. The molecule has 2 bridgehead atoms. The van der Waals surface area contributed by atoms with Crippen molar-refractivity contribution in [2.75, 3.05) is 33.3 Å². The molecule has 3 rings (SSSR count). The summed E-state index contributed by atoms with van der Waals surface area (Å²) < 4.78 is 6.77. The molecular weight excluding hydrogens is 446 g/mol. The van der Waals surface area contributed by atoms with Gasteiger partial charge in [-0.05, 0) is 32.6 Å². The number of aliphatic hydroxyl groups excluding tert-OH is 1. The van der Waals surface area contributed by atoms with Gasteiger partial charge in [0, 0.05) is 26.7 Å². The summed E-state index contributed by atoms with van der Waals surface area (Å²) in [6.07, 6.45) is 7.98. The number of carbonyl (C=O) groups excluding carboxylic acids is 3. The van der Waals surface area contributed by atoms with Crippen LogP contribution in [-0.2, 0) is 19.1 Å². The highest BCUT2D eigenvalue weighted by atomic mass is 16.5. The summed E-state index contributed by atoms with van der Waals surface area (Å²) in [6.45, 7) is 14.4. The Balaban J connectivity index is 2.08. The van der Waals surface area contributed by atoms with Crippen molar-refractivity contribution in [1.29, 1.82) is 0 Å². The number of likely N-dealkylation sites (tertiary alicyclic amines) is 1. The molecule has 3 aliphatic rings. The van der Waals surface area contributed by atoms with Gasteiger partial charge in [0.2, 0.25) is 17.7 Å². The number of aliphatic hydroxyl groups is 1. The van der Waals surface area contributed by atoms with Crippen LogP contribution < -0.4 is 0 Å². The summed E-state index contributed by atoms with van der Waals surface area (Å²) in [5.74, 6) is -2.02. The van der Waals surface area contributed by atoms with Crippen LogP contribution in [0.2, 0.25) is 0 Å². The number of carbonyl (C=O) groups is 3. The summed E-state index contributed by atoms with van der Waals surface area (Å²) in [5.41, 5.74) is -1.85. The molecule has 0 aromatic heterocycles. The van der Waals surface area contributed by atoms with Gasteiger partial charge in [0.1, 0.15) is 11.6 Å². The first-order valence-corrected chi connectivity index (χ1v) is 13.1.